The summed E-state index contributed by atoms with van der Waals surface area (Å²) in [5.41, 5.74) is 0. The van der Waals surface area contributed by atoms with Gasteiger partial charge in [-0.25, -0.2) is 0 Å². The SMILES string of the molecule is ClC(Cl)[ClH+]. The maximum absolute atomic E-state index is 4.85. The van der Waals surface area contributed by atoms with E-state index in [9.17, 15) is 0 Å². The van der Waals surface area contributed by atoms with E-state index in [0.29, 0.717) is 0 Å². The zero-order valence-corrected chi connectivity index (χ0v) is 4.07. The average Bonchev–Trinajstić information content (AvgIpc) is 0.811. The van der Waals surface area contributed by atoms with Gasteiger partial charge in [-0.3, -0.25) is 0 Å². The fourth-order valence-corrected chi connectivity index (χ4v) is 0. The zero-order chi connectivity index (χ0) is 3.58. The molecule has 0 amide bonds. The van der Waals surface area contributed by atoms with Crippen molar-refractivity contribution in [3.8, 4) is 0 Å². The summed E-state index contributed by atoms with van der Waals surface area (Å²) in [7, 11) is 0. The van der Waals surface area contributed by atoms with Crippen LogP contribution in [-0.4, -0.2) is 4.30 Å². The molecule has 0 aromatic carbocycles. The van der Waals surface area contributed by atoms with Gasteiger partial charge in [-0.05, 0) is 23.2 Å². The third kappa shape index (κ3) is 13.3. The van der Waals surface area contributed by atoms with Crippen molar-refractivity contribution in [3.63, 3.8) is 0 Å². The molecule has 0 fully saturated rings. The summed E-state index contributed by atoms with van der Waals surface area (Å²) in [5, 5.41) is 0. The van der Waals surface area contributed by atoms with Crippen molar-refractivity contribution in [2.75, 3.05) is 0 Å². The van der Waals surface area contributed by atoms with Crippen LogP contribution in [0.2, 0.25) is 0 Å². The van der Waals surface area contributed by atoms with Crippen molar-refractivity contribution in [1.82, 2.24) is 0 Å². The van der Waals surface area contributed by atoms with Gasteiger partial charge in [-0.2, -0.15) is 0 Å². The first kappa shape index (κ1) is 4.87. The molecule has 0 nitrogen and oxygen atoms in total. The molecule has 0 aliphatic carbocycles. The van der Waals surface area contributed by atoms with Gasteiger partial charge in [-0.1, -0.05) is 0 Å². The molecule has 0 saturated heterocycles. The van der Waals surface area contributed by atoms with E-state index in [-0.39, 0.29) is 0 Å². The second-order valence-corrected chi connectivity index (χ2v) is 2.35. The molecular formula is CH2Cl3+. The van der Waals surface area contributed by atoms with Crippen LogP contribution in [-0.2, 0) is 0 Å². The van der Waals surface area contributed by atoms with Crippen LogP contribution in [0.3, 0.4) is 0 Å². The predicted octanol–water partition coefficient (Wildman–Crippen LogP) is 1.03. The molecule has 4 heavy (non-hydrogen) atoms. The predicted molar refractivity (Wildman–Crippen MR) is 16.9 cm³/mol. The highest BCUT2D eigenvalue weighted by atomic mass is 35.6. The Balaban J connectivity index is 2.32. The molecule has 0 unspecified atom stereocenters. The fraction of sp³-hybridized carbons (Fsp3) is 1.00. The molecule has 0 aliphatic rings. The van der Waals surface area contributed by atoms with E-state index in [4.69, 9.17) is 23.2 Å². The lowest BCUT2D eigenvalue weighted by Crippen LogP contribution is -1.66. The van der Waals surface area contributed by atoms with Crippen LogP contribution >= 0.6 is 23.2 Å². The first-order valence-corrected chi connectivity index (χ1v) is 2.02. The monoisotopic (exact) mass is 119 g/mol. The van der Waals surface area contributed by atoms with Gasteiger partial charge in [0.2, 0.25) is 0 Å². The third-order valence-corrected chi connectivity index (χ3v) is 0. The van der Waals surface area contributed by atoms with Crippen LogP contribution in [0, 0.1) is 11.6 Å². The number of alkyl halides is 3. The lowest BCUT2D eigenvalue weighted by Gasteiger charge is -1.56. The van der Waals surface area contributed by atoms with E-state index in [0.717, 1.165) is 0 Å². The van der Waals surface area contributed by atoms with Gasteiger partial charge in [0.1, 0.15) is 11.6 Å². The Hall–Kier alpha value is 0.870. The molecule has 26 valence electrons. The van der Waals surface area contributed by atoms with Gasteiger partial charge in [-0.15, -0.1) is 0 Å². The van der Waals surface area contributed by atoms with E-state index < -0.39 is 4.30 Å². The molecule has 0 bridgehead atoms. The van der Waals surface area contributed by atoms with Gasteiger partial charge in [0.25, 0.3) is 0 Å². The first-order valence-electron chi connectivity index (χ1n) is 0.672. The average molecular weight is 120 g/mol. The van der Waals surface area contributed by atoms with Crippen molar-refractivity contribution in [3.05, 3.63) is 0 Å². The Labute approximate surface area is 39.6 Å². The van der Waals surface area contributed by atoms with E-state index >= 15 is 0 Å². The van der Waals surface area contributed by atoms with Crippen molar-refractivity contribution in [2.24, 2.45) is 0 Å². The molecule has 0 heterocycles. The highest BCUT2D eigenvalue weighted by Crippen LogP contribution is 1.93. The number of hydrogen-bond acceptors (Lipinski definition) is 0. The number of halogens is 3. The largest absolute Gasteiger partial charge is 0.326 e. The highest BCUT2D eigenvalue weighted by molar-refractivity contribution is 6.42. The third-order valence-electron chi connectivity index (χ3n) is 0. The van der Waals surface area contributed by atoms with Gasteiger partial charge in [0, 0.05) is 0 Å². The van der Waals surface area contributed by atoms with Crippen LogP contribution in [0.1, 0.15) is 0 Å². The summed E-state index contributed by atoms with van der Waals surface area (Å²) >= 11 is 13.9. The Morgan fingerprint density at radius 3 is 1.50 bits per heavy atom. The molecule has 0 rings (SSSR count). The molecule has 0 aliphatic heterocycles. The molecule has 3 heteroatoms. The molecule has 0 atom stereocenters. The number of rotatable bonds is 0. The Morgan fingerprint density at radius 2 is 1.50 bits per heavy atom. The maximum atomic E-state index is 4.85. The maximum Gasteiger partial charge on any atom is 0.326 e. The lowest BCUT2D eigenvalue weighted by molar-refractivity contribution is -0.361. The second kappa shape index (κ2) is 2.13. The molecule has 0 aromatic heterocycles. The summed E-state index contributed by atoms with van der Waals surface area (Å²) in [5.74, 6) is 0. The van der Waals surface area contributed by atoms with E-state index in [1.807, 2.05) is 0 Å². The molecule has 0 radical (unpaired) electrons. The molecular weight excluding hydrogens is 118 g/mol. The van der Waals surface area contributed by atoms with E-state index in [2.05, 4.69) is 11.6 Å². The second-order valence-electron chi connectivity index (χ2n) is 0.261. The summed E-state index contributed by atoms with van der Waals surface area (Å²) in [6.45, 7) is 0. The van der Waals surface area contributed by atoms with Gasteiger partial charge >= 0.3 is 4.30 Å². The summed E-state index contributed by atoms with van der Waals surface area (Å²) in [6, 6.07) is 0. The van der Waals surface area contributed by atoms with Crippen LogP contribution in [0.25, 0.3) is 0 Å². The fourth-order valence-electron chi connectivity index (χ4n) is 0. The van der Waals surface area contributed by atoms with Crippen LogP contribution in [0.5, 0.6) is 0 Å². The summed E-state index contributed by atoms with van der Waals surface area (Å²) < 4.78 is -0.639. The molecule has 0 aromatic rings. The summed E-state index contributed by atoms with van der Waals surface area (Å²) in [4.78, 5) is 0. The standard InChI is InChI=1S/CH2Cl3/c2-1(3)4/h1-2H/q+1. The Morgan fingerprint density at radius 1 is 1.50 bits per heavy atom. The van der Waals surface area contributed by atoms with Crippen LogP contribution in [0.15, 0.2) is 0 Å². The van der Waals surface area contributed by atoms with Gasteiger partial charge in [0.05, 0.1) is 0 Å². The summed E-state index contributed by atoms with van der Waals surface area (Å²) in [6.07, 6.45) is 0. The minimum atomic E-state index is -0.639. The van der Waals surface area contributed by atoms with Gasteiger partial charge < -0.3 is 0 Å². The minimum Gasteiger partial charge on any atom is -0.0362 e. The number of hydrogen-bond donors (Lipinski definition) is 0. The van der Waals surface area contributed by atoms with Crippen molar-refractivity contribution in [2.45, 2.75) is 4.30 Å². The van der Waals surface area contributed by atoms with Crippen molar-refractivity contribution < 1.29 is 11.6 Å². The van der Waals surface area contributed by atoms with Crippen molar-refractivity contribution >= 4 is 23.2 Å². The topological polar surface area (TPSA) is 0 Å². The Kier molecular flexibility index (Phi) is 2.59. The smallest absolute Gasteiger partial charge is 0.0362 e. The Bertz CT molecular complexity index is 8.00. The zero-order valence-electron chi connectivity index (χ0n) is 1.74. The highest BCUT2D eigenvalue weighted by Gasteiger charge is 1.92. The molecule has 0 spiro atoms. The van der Waals surface area contributed by atoms with Crippen LogP contribution < -0.4 is 0 Å². The van der Waals surface area contributed by atoms with Crippen LogP contribution in [0.4, 0.5) is 0 Å². The van der Waals surface area contributed by atoms with Gasteiger partial charge in [0.15, 0.2) is 0 Å². The minimum absolute atomic E-state index is 0.639. The molecule has 0 N–H and O–H groups in total. The first-order chi connectivity index (χ1) is 1.73. The van der Waals surface area contributed by atoms with E-state index in [1.165, 1.54) is 0 Å². The lowest BCUT2D eigenvalue weighted by atomic mass is 11.9. The van der Waals surface area contributed by atoms with E-state index in [1.54, 1.807) is 0 Å². The molecule has 0 saturated carbocycles. The van der Waals surface area contributed by atoms with Crippen molar-refractivity contribution in [1.29, 1.82) is 0 Å². The quantitative estimate of drug-likeness (QED) is 0.419. The normalized spacial score (nSPS) is 9.00.